The lowest BCUT2D eigenvalue weighted by atomic mass is 9.90. The van der Waals surface area contributed by atoms with E-state index in [4.69, 9.17) is 9.47 Å². The first-order valence-corrected chi connectivity index (χ1v) is 5.86. The summed E-state index contributed by atoms with van der Waals surface area (Å²) in [6, 6.07) is 2.02. The summed E-state index contributed by atoms with van der Waals surface area (Å²) in [7, 11) is 0. The number of fused-ring (bicyclic) bond motifs is 3. The van der Waals surface area contributed by atoms with Crippen molar-refractivity contribution in [1.82, 2.24) is 0 Å². The Morgan fingerprint density at radius 3 is 2.55 bits per heavy atom. The van der Waals surface area contributed by atoms with Crippen molar-refractivity contribution in [2.24, 2.45) is 0 Å². The normalized spacial score (nSPS) is 26.2. The van der Waals surface area contributed by atoms with Crippen LogP contribution in [0.3, 0.4) is 0 Å². The fourth-order valence-electron chi connectivity index (χ4n) is 2.61. The fourth-order valence-corrected chi connectivity index (χ4v) is 2.61. The molecule has 5 nitrogen and oxygen atoms in total. The Bertz CT molecular complexity index is 611. The summed E-state index contributed by atoms with van der Waals surface area (Å²) >= 11 is 0. The molecule has 0 saturated carbocycles. The molecule has 1 fully saturated rings. The van der Waals surface area contributed by atoms with E-state index in [-0.39, 0.29) is 11.3 Å². The number of ether oxygens (including phenoxy) is 2. The van der Waals surface area contributed by atoms with Gasteiger partial charge in [-0.3, -0.25) is 10.1 Å². The number of hydrogen-bond acceptors (Lipinski definition) is 4. The molecule has 2 unspecified atom stereocenters. The molecule has 2 heterocycles. The highest BCUT2D eigenvalue weighted by atomic mass is 19.4. The molecule has 0 aromatic heterocycles. The van der Waals surface area contributed by atoms with Crippen LogP contribution in [0, 0.1) is 10.1 Å². The quantitative estimate of drug-likeness (QED) is 0.452. The Hall–Kier alpha value is -1.83. The molecule has 0 bridgehead atoms. The molecule has 0 amide bonds. The molecule has 0 spiro atoms. The summed E-state index contributed by atoms with van der Waals surface area (Å²) < 4.78 is 50.2. The number of hydrogen-bond donors (Lipinski definition) is 0. The van der Waals surface area contributed by atoms with Crippen molar-refractivity contribution in [2.75, 3.05) is 0 Å². The lowest BCUT2D eigenvalue weighted by Crippen LogP contribution is -2.38. The van der Waals surface area contributed by atoms with Gasteiger partial charge in [0.2, 0.25) is 0 Å². The summed E-state index contributed by atoms with van der Waals surface area (Å²) in [6.45, 7) is 3.41. The Morgan fingerprint density at radius 2 is 2.00 bits per heavy atom. The number of nitrogens with zero attached hydrogens (tertiary/aromatic N) is 1. The maximum Gasteiger partial charge on any atom is 0.423 e. The molecule has 108 valence electrons. The van der Waals surface area contributed by atoms with Gasteiger partial charge in [0.05, 0.1) is 4.92 Å². The zero-order chi connectivity index (χ0) is 14.9. The second kappa shape index (κ2) is 3.63. The zero-order valence-corrected chi connectivity index (χ0v) is 10.5. The number of nitro groups is 1. The molecule has 3 rings (SSSR count). The Kier molecular flexibility index (Phi) is 2.39. The standard InChI is InChI=1S/C12H10F3NO4/c1-11(2)10-9(19-10)7-6(20-11)4-3-5(16(17)18)8(7)12(13,14)15/h3-4,9-10H,1-2H3. The van der Waals surface area contributed by atoms with E-state index in [1.807, 2.05) is 0 Å². The van der Waals surface area contributed by atoms with Gasteiger partial charge >= 0.3 is 6.18 Å². The molecule has 2 aliphatic heterocycles. The number of halogens is 3. The second-order valence-corrected chi connectivity index (χ2v) is 5.31. The molecule has 20 heavy (non-hydrogen) atoms. The van der Waals surface area contributed by atoms with Crippen LogP contribution in [0.2, 0.25) is 0 Å². The summed E-state index contributed by atoms with van der Waals surface area (Å²) in [5.41, 5.74) is -3.27. The first kappa shape index (κ1) is 13.2. The van der Waals surface area contributed by atoms with E-state index >= 15 is 0 Å². The van der Waals surface area contributed by atoms with Gasteiger partial charge in [-0.05, 0) is 19.9 Å². The molecule has 2 atom stereocenters. The average Bonchev–Trinajstić information content (AvgIpc) is 3.06. The van der Waals surface area contributed by atoms with Crippen LogP contribution in [0.5, 0.6) is 5.75 Å². The van der Waals surface area contributed by atoms with E-state index in [0.29, 0.717) is 0 Å². The predicted octanol–water partition coefficient (Wildman–Crippen LogP) is 3.22. The first-order chi connectivity index (χ1) is 9.13. The molecule has 2 aliphatic rings. The summed E-state index contributed by atoms with van der Waals surface area (Å²) in [4.78, 5) is 9.78. The van der Waals surface area contributed by atoms with E-state index in [1.54, 1.807) is 13.8 Å². The van der Waals surface area contributed by atoms with E-state index < -0.39 is 40.2 Å². The van der Waals surface area contributed by atoms with Crippen molar-refractivity contribution < 1.29 is 27.6 Å². The van der Waals surface area contributed by atoms with E-state index in [0.717, 1.165) is 6.07 Å². The molecule has 1 saturated heterocycles. The van der Waals surface area contributed by atoms with E-state index in [1.165, 1.54) is 6.07 Å². The maximum atomic E-state index is 13.2. The Morgan fingerprint density at radius 1 is 1.35 bits per heavy atom. The molecular formula is C12H10F3NO4. The average molecular weight is 289 g/mol. The van der Waals surface area contributed by atoms with Gasteiger partial charge < -0.3 is 9.47 Å². The monoisotopic (exact) mass is 289 g/mol. The molecule has 1 aromatic carbocycles. The van der Waals surface area contributed by atoms with Gasteiger partial charge in [0.25, 0.3) is 5.69 Å². The van der Waals surface area contributed by atoms with E-state index in [2.05, 4.69) is 0 Å². The number of nitro benzene ring substituents is 1. The van der Waals surface area contributed by atoms with Gasteiger partial charge in [0.1, 0.15) is 29.1 Å². The minimum absolute atomic E-state index is 0.00771. The largest absolute Gasteiger partial charge is 0.485 e. The van der Waals surface area contributed by atoms with Crippen molar-refractivity contribution in [3.63, 3.8) is 0 Å². The minimum Gasteiger partial charge on any atom is -0.485 e. The second-order valence-electron chi connectivity index (χ2n) is 5.31. The molecule has 1 aromatic rings. The van der Waals surface area contributed by atoms with Gasteiger partial charge in [-0.25, -0.2) is 0 Å². The molecule has 8 heteroatoms. The number of rotatable bonds is 1. The fraction of sp³-hybridized carbons (Fsp3) is 0.500. The SMILES string of the molecule is CC1(C)Oc2ccc([N+](=O)[O-])c(C(F)(F)F)c2C2OC21. The van der Waals surface area contributed by atoms with Crippen LogP contribution in [0.4, 0.5) is 18.9 Å². The zero-order valence-electron chi connectivity index (χ0n) is 10.5. The summed E-state index contributed by atoms with van der Waals surface area (Å²) in [6.07, 6.45) is -6.15. The number of epoxide rings is 1. The van der Waals surface area contributed by atoms with Crippen molar-refractivity contribution >= 4 is 5.69 Å². The van der Waals surface area contributed by atoms with Crippen LogP contribution in [0.25, 0.3) is 0 Å². The Labute approximate surface area is 111 Å². The molecular weight excluding hydrogens is 279 g/mol. The van der Waals surface area contributed by atoms with Gasteiger partial charge in [-0.2, -0.15) is 13.2 Å². The first-order valence-electron chi connectivity index (χ1n) is 5.86. The van der Waals surface area contributed by atoms with Crippen LogP contribution in [0.1, 0.15) is 31.1 Å². The number of alkyl halides is 3. The van der Waals surface area contributed by atoms with Gasteiger partial charge in [-0.1, -0.05) is 0 Å². The smallest absolute Gasteiger partial charge is 0.423 e. The highest BCUT2D eigenvalue weighted by Gasteiger charge is 2.60. The lowest BCUT2D eigenvalue weighted by molar-refractivity contribution is -0.388. The van der Waals surface area contributed by atoms with Crippen LogP contribution in [-0.2, 0) is 10.9 Å². The van der Waals surface area contributed by atoms with Crippen LogP contribution in [-0.4, -0.2) is 16.6 Å². The summed E-state index contributed by atoms with van der Waals surface area (Å²) in [5.74, 6) is -0.00771. The third-order valence-corrected chi connectivity index (χ3v) is 3.50. The highest BCUT2D eigenvalue weighted by Crippen LogP contribution is 2.58. The van der Waals surface area contributed by atoms with Crippen LogP contribution >= 0.6 is 0 Å². The van der Waals surface area contributed by atoms with E-state index in [9.17, 15) is 23.3 Å². The van der Waals surface area contributed by atoms with Gasteiger partial charge in [0, 0.05) is 11.6 Å². The predicted molar refractivity (Wildman–Crippen MR) is 60.4 cm³/mol. The molecule has 0 aliphatic carbocycles. The van der Waals surface area contributed by atoms with Crippen LogP contribution < -0.4 is 4.74 Å². The lowest BCUT2D eigenvalue weighted by Gasteiger charge is -2.30. The van der Waals surface area contributed by atoms with Gasteiger partial charge in [0.15, 0.2) is 0 Å². The maximum absolute atomic E-state index is 13.2. The third kappa shape index (κ3) is 1.75. The highest BCUT2D eigenvalue weighted by molar-refractivity contribution is 5.58. The third-order valence-electron chi connectivity index (χ3n) is 3.50. The minimum atomic E-state index is -4.84. The van der Waals surface area contributed by atoms with Crippen molar-refractivity contribution in [1.29, 1.82) is 0 Å². The summed E-state index contributed by atoms with van der Waals surface area (Å²) in [5, 5.41) is 10.8. The Balaban J connectivity index is 2.25. The van der Waals surface area contributed by atoms with Crippen molar-refractivity contribution in [3.8, 4) is 5.75 Å². The van der Waals surface area contributed by atoms with Crippen molar-refractivity contribution in [2.45, 2.75) is 37.8 Å². The van der Waals surface area contributed by atoms with Crippen LogP contribution in [0.15, 0.2) is 12.1 Å². The van der Waals surface area contributed by atoms with Gasteiger partial charge in [-0.15, -0.1) is 0 Å². The topological polar surface area (TPSA) is 64.9 Å². The molecule has 0 radical (unpaired) electrons. The molecule has 0 N–H and O–H groups in total. The van der Waals surface area contributed by atoms with Crippen molar-refractivity contribution in [3.05, 3.63) is 33.4 Å². The number of benzene rings is 1.